The van der Waals surface area contributed by atoms with Crippen LogP contribution >= 0.6 is 0 Å². The molecule has 2 aromatic heterocycles. The Bertz CT molecular complexity index is 553. The summed E-state index contributed by atoms with van der Waals surface area (Å²) in [6.07, 6.45) is 3.03. The molecule has 17 heavy (non-hydrogen) atoms. The largest absolute Gasteiger partial charge is 0.361 e. The molecule has 90 valence electrons. The van der Waals surface area contributed by atoms with Crippen LogP contribution < -0.4 is 10.9 Å². The lowest BCUT2D eigenvalue weighted by molar-refractivity contribution is 0.392. The van der Waals surface area contributed by atoms with Crippen LogP contribution in [0.15, 0.2) is 21.7 Å². The maximum atomic E-state index is 11.5. The molecule has 0 spiro atoms. The van der Waals surface area contributed by atoms with E-state index in [0.717, 1.165) is 17.0 Å². The predicted molar refractivity (Wildman–Crippen MR) is 62.9 cm³/mol. The van der Waals surface area contributed by atoms with Gasteiger partial charge in [0.05, 0.1) is 11.7 Å². The van der Waals surface area contributed by atoms with Crippen molar-refractivity contribution in [1.82, 2.24) is 15.1 Å². The highest BCUT2D eigenvalue weighted by molar-refractivity contribution is 5.37. The fourth-order valence-electron chi connectivity index (χ4n) is 1.84. The molecule has 6 nitrogen and oxygen atoms in total. The molecule has 0 aromatic carbocycles. The zero-order valence-electron chi connectivity index (χ0n) is 9.94. The second kappa shape index (κ2) is 4.40. The molecule has 0 amide bonds. The van der Waals surface area contributed by atoms with Gasteiger partial charge in [0.2, 0.25) is 0 Å². The minimum Gasteiger partial charge on any atom is -0.361 e. The molecule has 6 heteroatoms. The third-order valence-corrected chi connectivity index (χ3v) is 2.58. The first-order valence-electron chi connectivity index (χ1n) is 5.32. The Morgan fingerprint density at radius 3 is 2.82 bits per heavy atom. The van der Waals surface area contributed by atoms with Crippen molar-refractivity contribution in [3.8, 4) is 0 Å². The molecule has 0 bridgehead atoms. The van der Waals surface area contributed by atoms with Crippen molar-refractivity contribution in [1.29, 1.82) is 0 Å². The van der Waals surface area contributed by atoms with Gasteiger partial charge in [-0.25, -0.2) is 4.98 Å². The molecule has 2 N–H and O–H groups in total. The smallest absolute Gasteiger partial charge is 0.290 e. The normalized spacial score (nSPS) is 12.4. The monoisotopic (exact) mass is 234 g/mol. The van der Waals surface area contributed by atoms with Gasteiger partial charge in [-0.2, -0.15) is 0 Å². The summed E-state index contributed by atoms with van der Waals surface area (Å²) >= 11 is 0. The van der Waals surface area contributed by atoms with Crippen molar-refractivity contribution in [3.63, 3.8) is 0 Å². The lowest BCUT2D eigenvalue weighted by Crippen LogP contribution is -2.18. The molecule has 0 aliphatic rings. The maximum absolute atomic E-state index is 11.5. The molecular formula is C11H14N4O2. The van der Waals surface area contributed by atoms with Crippen LogP contribution in [-0.4, -0.2) is 15.1 Å². The molecule has 0 fully saturated rings. The van der Waals surface area contributed by atoms with E-state index in [4.69, 9.17) is 4.52 Å². The Balaban J connectivity index is 2.26. The van der Waals surface area contributed by atoms with Crippen LogP contribution in [0, 0.1) is 13.8 Å². The molecule has 0 saturated heterocycles. The molecule has 0 saturated carbocycles. The third kappa shape index (κ3) is 2.20. The first-order chi connectivity index (χ1) is 8.09. The fourth-order valence-corrected chi connectivity index (χ4v) is 1.84. The maximum Gasteiger partial charge on any atom is 0.290 e. The van der Waals surface area contributed by atoms with Crippen LogP contribution in [-0.2, 0) is 0 Å². The average molecular weight is 234 g/mol. The van der Waals surface area contributed by atoms with Crippen LogP contribution in [0.1, 0.15) is 30.0 Å². The second-order valence-corrected chi connectivity index (χ2v) is 3.87. The summed E-state index contributed by atoms with van der Waals surface area (Å²) in [5, 5.41) is 6.92. The Morgan fingerprint density at radius 2 is 2.24 bits per heavy atom. The number of hydrogen-bond donors (Lipinski definition) is 2. The van der Waals surface area contributed by atoms with Crippen LogP contribution in [0.3, 0.4) is 0 Å². The molecule has 2 rings (SSSR count). The molecule has 0 radical (unpaired) electrons. The summed E-state index contributed by atoms with van der Waals surface area (Å²) in [6.45, 7) is 5.64. The highest BCUT2D eigenvalue weighted by atomic mass is 16.5. The topological polar surface area (TPSA) is 83.8 Å². The zero-order chi connectivity index (χ0) is 12.4. The van der Waals surface area contributed by atoms with Crippen molar-refractivity contribution >= 4 is 5.82 Å². The molecule has 2 aromatic rings. The van der Waals surface area contributed by atoms with Crippen LogP contribution in [0.5, 0.6) is 0 Å². The molecule has 1 unspecified atom stereocenters. The number of aromatic amines is 1. The van der Waals surface area contributed by atoms with Gasteiger partial charge in [0, 0.05) is 18.0 Å². The summed E-state index contributed by atoms with van der Waals surface area (Å²) in [5.74, 6) is 1.04. The highest BCUT2D eigenvalue weighted by Gasteiger charge is 2.17. The molecule has 0 aliphatic heterocycles. The van der Waals surface area contributed by atoms with Crippen LogP contribution in [0.2, 0.25) is 0 Å². The number of H-pyrrole nitrogens is 1. The first kappa shape index (κ1) is 11.4. The van der Waals surface area contributed by atoms with Gasteiger partial charge in [-0.1, -0.05) is 5.16 Å². The SMILES string of the molecule is Cc1noc(C)c1C(C)Nc1ncc[nH]c1=O. The van der Waals surface area contributed by atoms with E-state index in [1.165, 1.54) is 12.4 Å². The molecule has 1 atom stereocenters. The zero-order valence-corrected chi connectivity index (χ0v) is 9.94. The van der Waals surface area contributed by atoms with Crippen molar-refractivity contribution in [2.75, 3.05) is 5.32 Å². The predicted octanol–water partition coefficient (Wildman–Crippen LogP) is 1.55. The standard InChI is InChI=1S/C11H14N4O2/c1-6(9-7(2)15-17-8(9)3)14-10-11(16)13-5-4-12-10/h4-6H,1-3H3,(H,12,14)(H,13,16). The number of hydrogen-bond acceptors (Lipinski definition) is 5. The van der Waals surface area contributed by atoms with E-state index in [9.17, 15) is 4.79 Å². The number of aryl methyl sites for hydroxylation is 2. The van der Waals surface area contributed by atoms with E-state index in [-0.39, 0.29) is 11.6 Å². The summed E-state index contributed by atoms with van der Waals surface area (Å²) < 4.78 is 5.09. The minimum absolute atomic E-state index is 0.0859. The lowest BCUT2D eigenvalue weighted by Gasteiger charge is -2.13. The third-order valence-electron chi connectivity index (χ3n) is 2.58. The Hall–Kier alpha value is -2.11. The second-order valence-electron chi connectivity index (χ2n) is 3.87. The van der Waals surface area contributed by atoms with E-state index in [1.54, 1.807) is 0 Å². The summed E-state index contributed by atoms with van der Waals surface area (Å²) in [4.78, 5) is 18.0. The summed E-state index contributed by atoms with van der Waals surface area (Å²) in [7, 11) is 0. The van der Waals surface area contributed by atoms with Crippen molar-refractivity contribution in [3.05, 3.63) is 39.8 Å². The highest BCUT2D eigenvalue weighted by Crippen LogP contribution is 2.22. The van der Waals surface area contributed by atoms with E-state index in [0.29, 0.717) is 5.82 Å². The average Bonchev–Trinajstić information content (AvgIpc) is 2.62. The van der Waals surface area contributed by atoms with E-state index < -0.39 is 0 Å². The van der Waals surface area contributed by atoms with Gasteiger partial charge in [0.15, 0.2) is 5.82 Å². The molecular weight excluding hydrogens is 220 g/mol. The van der Waals surface area contributed by atoms with Gasteiger partial charge in [-0.15, -0.1) is 0 Å². The Morgan fingerprint density at radius 1 is 1.47 bits per heavy atom. The van der Waals surface area contributed by atoms with Crippen molar-refractivity contribution < 1.29 is 4.52 Å². The molecule has 2 heterocycles. The van der Waals surface area contributed by atoms with E-state index in [2.05, 4.69) is 20.4 Å². The Labute approximate surface area is 98.1 Å². The van der Waals surface area contributed by atoms with Gasteiger partial charge in [-0.3, -0.25) is 4.79 Å². The van der Waals surface area contributed by atoms with E-state index in [1.807, 2.05) is 20.8 Å². The first-order valence-corrected chi connectivity index (χ1v) is 5.32. The van der Waals surface area contributed by atoms with Gasteiger partial charge >= 0.3 is 0 Å². The summed E-state index contributed by atoms with van der Waals surface area (Å²) in [5.41, 5.74) is 1.52. The lowest BCUT2D eigenvalue weighted by atomic mass is 10.1. The number of rotatable bonds is 3. The number of anilines is 1. The van der Waals surface area contributed by atoms with Gasteiger partial charge in [0.25, 0.3) is 5.56 Å². The quantitative estimate of drug-likeness (QED) is 0.841. The Kier molecular flexibility index (Phi) is 2.95. The van der Waals surface area contributed by atoms with Gasteiger partial charge in [-0.05, 0) is 20.8 Å². The van der Waals surface area contributed by atoms with Crippen molar-refractivity contribution in [2.24, 2.45) is 0 Å². The van der Waals surface area contributed by atoms with Crippen LogP contribution in [0.25, 0.3) is 0 Å². The number of nitrogens with one attached hydrogen (secondary N) is 2. The van der Waals surface area contributed by atoms with Gasteiger partial charge < -0.3 is 14.8 Å². The fraction of sp³-hybridized carbons (Fsp3) is 0.364. The van der Waals surface area contributed by atoms with Crippen molar-refractivity contribution in [2.45, 2.75) is 26.8 Å². The van der Waals surface area contributed by atoms with Gasteiger partial charge in [0.1, 0.15) is 5.76 Å². The summed E-state index contributed by atoms with van der Waals surface area (Å²) in [6, 6.07) is -0.0859. The van der Waals surface area contributed by atoms with E-state index >= 15 is 0 Å². The number of nitrogens with zero attached hydrogens (tertiary/aromatic N) is 2. The molecule has 0 aliphatic carbocycles. The minimum atomic E-state index is -0.244. The van der Waals surface area contributed by atoms with Crippen LogP contribution in [0.4, 0.5) is 5.82 Å². The number of aromatic nitrogens is 3.